The molecule has 140 valence electrons. The second kappa shape index (κ2) is 6.70. The molecule has 28 heavy (non-hydrogen) atoms. The fraction of sp³-hybridized carbons (Fsp3) is 0.0952. The Morgan fingerprint density at radius 2 is 1.79 bits per heavy atom. The lowest BCUT2D eigenvalue weighted by molar-refractivity contribution is -0.384. The van der Waals surface area contributed by atoms with Crippen molar-refractivity contribution >= 4 is 28.2 Å². The topological polar surface area (TPSA) is 98.5 Å². The number of furan rings is 1. The Kier molecular flexibility index (Phi) is 4.19. The van der Waals surface area contributed by atoms with Gasteiger partial charge in [0.05, 0.1) is 10.5 Å². The maximum atomic E-state index is 12.6. The molecule has 0 bridgehead atoms. The number of fused-ring (bicyclic) bond motifs is 1. The maximum absolute atomic E-state index is 12.6. The van der Waals surface area contributed by atoms with Crippen molar-refractivity contribution in [2.24, 2.45) is 0 Å². The number of rotatable bonds is 4. The summed E-state index contributed by atoms with van der Waals surface area (Å²) in [6.45, 7) is 3.60. The van der Waals surface area contributed by atoms with Gasteiger partial charge in [-0.3, -0.25) is 10.1 Å². The highest BCUT2D eigenvalue weighted by atomic mass is 16.6. The number of hydrogen-bond donors (Lipinski definition) is 1. The van der Waals surface area contributed by atoms with E-state index in [1.165, 1.54) is 12.1 Å². The van der Waals surface area contributed by atoms with Gasteiger partial charge in [-0.15, -0.1) is 0 Å². The molecule has 7 heteroatoms. The number of nitrogens with zero attached hydrogens (tertiary/aromatic N) is 1. The van der Waals surface area contributed by atoms with Crippen molar-refractivity contribution < 1.29 is 13.8 Å². The first-order chi connectivity index (χ1) is 13.4. The molecule has 0 radical (unpaired) electrons. The van der Waals surface area contributed by atoms with E-state index in [9.17, 15) is 14.9 Å². The molecule has 2 aromatic heterocycles. The summed E-state index contributed by atoms with van der Waals surface area (Å²) in [4.78, 5) is 23.3. The molecule has 7 nitrogen and oxygen atoms in total. The largest absolute Gasteiger partial charge is 0.439 e. The Balaban J connectivity index is 1.99. The maximum Gasteiger partial charge on any atom is 0.347 e. The minimum absolute atomic E-state index is 0.0785. The van der Waals surface area contributed by atoms with E-state index in [4.69, 9.17) is 8.83 Å². The minimum atomic E-state index is -0.557. The molecule has 2 aromatic carbocycles. The lowest BCUT2D eigenvalue weighted by Crippen LogP contribution is -2.01. The van der Waals surface area contributed by atoms with E-state index < -0.39 is 10.5 Å². The van der Waals surface area contributed by atoms with Crippen LogP contribution in [0.5, 0.6) is 0 Å². The van der Waals surface area contributed by atoms with E-state index in [0.29, 0.717) is 28.4 Å². The highest BCUT2D eigenvalue weighted by molar-refractivity contribution is 6.00. The Morgan fingerprint density at radius 1 is 1.00 bits per heavy atom. The van der Waals surface area contributed by atoms with Crippen LogP contribution in [-0.4, -0.2) is 4.92 Å². The first-order valence-electron chi connectivity index (χ1n) is 8.59. The molecular weight excluding hydrogens is 360 g/mol. The van der Waals surface area contributed by atoms with Gasteiger partial charge in [0.25, 0.3) is 5.69 Å². The number of aryl methyl sites for hydroxylation is 2. The molecule has 0 atom stereocenters. The quantitative estimate of drug-likeness (QED) is 0.382. The van der Waals surface area contributed by atoms with Gasteiger partial charge in [-0.1, -0.05) is 30.3 Å². The van der Waals surface area contributed by atoms with Crippen LogP contribution in [-0.2, 0) is 0 Å². The van der Waals surface area contributed by atoms with Crippen molar-refractivity contribution in [3.05, 3.63) is 86.5 Å². The molecule has 0 aliphatic rings. The molecule has 0 amide bonds. The van der Waals surface area contributed by atoms with Crippen LogP contribution in [0.2, 0.25) is 0 Å². The number of hydrogen-bond acceptors (Lipinski definition) is 6. The van der Waals surface area contributed by atoms with Crippen molar-refractivity contribution in [2.45, 2.75) is 13.8 Å². The van der Waals surface area contributed by atoms with E-state index in [1.54, 1.807) is 25.1 Å². The predicted molar refractivity (Wildman–Crippen MR) is 106 cm³/mol. The van der Waals surface area contributed by atoms with Gasteiger partial charge in [-0.2, -0.15) is 0 Å². The average molecular weight is 376 g/mol. The minimum Gasteiger partial charge on any atom is -0.439 e. The van der Waals surface area contributed by atoms with Crippen LogP contribution in [0.1, 0.15) is 11.3 Å². The van der Waals surface area contributed by atoms with Gasteiger partial charge in [0.15, 0.2) is 0 Å². The lowest BCUT2D eigenvalue weighted by atomic mass is 10.0. The Morgan fingerprint density at radius 3 is 2.54 bits per heavy atom. The van der Waals surface area contributed by atoms with Crippen LogP contribution in [0.3, 0.4) is 0 Å². The number of nitro benzene ring substituents is 1. The van der Waals surface area contributed by atoms with E-state index >= 15 is 0 Å². The molecule has 4 rings (SSSR count). The summed E-state index contributed by atoms with van der Waals surface area (Å²) in [6, 6.07) is 15.3. The number of anilines is 2. The Bertz CT molecular complexity index is 1270. The summed E-state index contributed by atoms with van der Waals surface area (Å²) >= 11 is 0. The van der Waals surface area contributed by atoms with Gasteiger partial charge in [-0.05, 0) is 31.0 Å². The van der Waals surface area contributed by atoms with Crippen molar-refractivity contribution in [1.82, 2.24) is 0 Å². The molecule has 0 aliphatic carbocycles. The van der Waals surface area contributed by atoms with Crippen molar-refractivity contribution in [1.29, 1.82) is 0 Å². The third-order valence-corrected chi connectivity index (χ3v) is 4.47. The smallest absolute Gasteiger partial charge is 0.347 e. The van der Waals surface area contributed by atoms with Crippen LogP contribution >= 0.6 is 0 Å². The highest BCUT2D eigenvalue weighted by Crippen LogP contribution is 2.40. The predicted octanol–water partition coefficient (Wildman–Crippen LogP) is 5.32. The first-order valence-corrected chi connectivity index (χ1v) is 8.59. The summed E-state index contributed by atoms with van der Waals surface area (Å²) in [6.07, 6.45) is 0. The number of para-hydroxylation sites is 1. The SMILES string of the molecule is Cc1cc2oc(Nc3ccccc3C)c(-c3cccc([N+](=O)[O-])c3)c2c(=O)o1. The van der Waals surface area contributed by atoms with Gasteiger partial charge in [0.2, 0.25) is 5.88 Å². The molecule has 0 unspecified atom stereocenters. The van der Waals surface area contributed by atoms with Crippen LogP contribution in [0.15, 0.2) is 68.2 Å². The molecule has 1 N–H and O–H groups in total. The number of benzene rings is 2. The van der Waals surface area contributed by atoms with Crippen LogP contribution in [0, 0.1) is 24.0 Å². The number of non-ortho nitro benzene ring substituents is 1. The zero-order chi connectivity index (χ0) is 19.8. The lowest BCUT2D eigenvalue weighted by Gasteiger charge is -2.09. The second-order valence-electron chi connectivity index (χ2n) is 6.44. The van der Waals surface area contributed by atoms with Crippen LogP contribution < -0.4 is 10.9 Å². The Hall–Kier alpha value is -3.87. The fourth-order valence-electron chi connectivity index (χ4n) is 3.14. The number of nitro groups is 1. The van der Waals surface area contributed by atoms with Gasteiger partial charge < -0.3 is 14.2 Å². The summed E-state index contributed by atoms with van der Waals surface area (Å²) in [5.41, 5.74) is 2.41. The van der Waals surface area contributed by atoms with E-state index in [1.807, 2.05) is 31.2 Å². The third-order valence-electron chi connectivity index (χ3n) is 4.47. The summed E-state index contributed by atoms with van der Waals surface area (Å²) in [5, 5.41) is 14.6. The molecule has 0 aliphatic heterocycles. The second-order valence-corrected chi connectivity index (χ2v) is 6.44. The van der Waals surface area contributed by atoms with Crippen LogP contribution in [0.4, 0.5) is 17.3 Å². The highest BCUT2D eigenvalue weighted by Gasteiger charge is 2.22. The standard InChI is InChI=1S/C21H16N2O5/c1-12-6-3-4-9-16(12)22-20-18(14-7-5-8-15(11-14)23(25)26)19-17(28-20)10-13(2)27-21(19)24/h3-11,22H,1-2H3. The summed E-state index contributed by atoms with van der Waals surface area (Å²) < 4.78 is 11.2. The van der Waals surface area contributed by atoms with Gasteiger partial charge in [0.1, 0.15) is 16.7 Å². The summed E-state index contributed by atoms with van der Waals surface area (Å²) in [7, 11) is 0. The molecule has 4 aromatic rings. The zero-order valence-corrected chi connectivity index (χ0v) is 15.2. The zero-order valence-electron chi connectivity index (χ0n) is 15.2. The van der Waals surface area contributed by atoms with Crippen molar-refractivity contribution in [2.75, 3.05) is 5.32 Å². The van der Waals surface area contributed by atoms with Crippen molar-refractivity contribution in [3.8, 4) is 11.1 Å². The summed E-state index contributed by atoms with van der Waals surface area (Å²) in [5.74, 6) is 0.738. The number of nitrogens with one attached hydrogen (secondary N) is 1. The van der Waals surface area contributed by atoms with E-state index in [2.05, 4.69) is 5.32 Å². The molecular formula is C21H16N2O5. The monoisotopic (exact) mass is 376 g/mol. The average Bonchev–Trinajstić information content (AvgIpc) is 3.02. The fourth-order valence-corrected chi connectivity index (χ4v) is 3.14. The van der Waals surface area contributed by atoms with Gasteiger partial charge in [-0.25, -0.2) is 4.79 Å². The molecule has 0 saturated heterocycles. The Labute approximate surface area is 159 Å². The molecule has 0 saturated carbocycles. The van der Waals surface area contributed by atoms with Crippen molar-refractivity contribution in [3.63, 3.8) is 0 Å². The third kappa shape index (κ3) is 3.03. The molecule has 0 spiro atoms. The van der Waals surface area contributed by atoms with Gasteiger partial charge >= 0.3 is 5.63 Å². The van der Waals surface area contributed by atoms with Gasteiger partial charge in [0, 0.05) is 23.9 Å². The molecule has 2 heterocycles. The first kappa shape index (κ1) is 17.5. The normalized spacial score (nSPS) is 10.9. The molecule has 0 fully saturated rings. The van der Waals surface area contributed by atoms with E-state index in [0.717, 1.165) is 11.3 Å². The van der Waals surface area contributed by atoms with E-state index in [-0.39, 0.29) is 11.1 Å². The van der Waals surface area contributed by atoms with Crippen LogP contribution in [0.25, 0.3) is 22.1 Å².